The number of carbonyl (C=O) groups is 3. The molecule has 20 rings (SSSR count). The SMILES string of the molecule is Brc1cccnc1.CC1(C)CB(B2CC(C)(C)C(C)(C)C2)CC1(C)C.COc1ccc(N2C(=O)c3ccc(-c4cccnc4)cc3NC23CCN(Cc2ccc(F)c(F)c2)CC3)cc1.COc1ccc(N2C(=O)c3ccc(B4OC(C)(C)C(C)(C)O4)cc3NC23CCN(Cc2ccc(F)c(F)c2)CC3)cc1.COc1ccc(N2C(=O)c3ccc(Br)cc3NC23CCN(Cc2ccc(F)c(F)c2)CC3)cc1. The van der Waals surface area contributed by atoms with E-state index in [1.165, 1.54) is 49.5 Å². The smallest absolute Gasteiger partial charge is 0.494 e. The van der Waals surface area contributed by atoms with Crippen LogP contribution in [-0.4, -0.2) is 152 Å². The van der Waals surface area contributed by atoms with Crippen LogP contribution in [0.3, 0.4) is 0 Å². The van der Waals surface area contributed by atoms with Gasteiger partial charge < -0.3 is 39.5 Å². The lowest BCUT2D eigenvalue weighted by Gasteiger charge is -2.52. The fourth-order valence-corrected chi connectivity index (χ4v) is 22.0. The first-order chi connectivity index (χ1) is 66.5. The third kappa shape index (κ3) is 21.7. The number of rotatable bonds is 15. The minimum Gasteiger partial charge on any atom is -0.497 e. The van der Waals surface area contributed by atoms with Crippen molar-refractivity contribution in [1.29, 1.82) is 0 Å². The standard InChI is InChI=1S/C32H36BF2N3O4.C31H28F2N4O2.C26H24BrF2N3O2.C16H32B2.C5H4BrN/c1-30(2)31(3,4)42-33(41-30)22-7-12-25-28(19-22)36-32(38(29(25)39)23-8-10-24(40-5)11-9-23)14-16-37(17-15-32)20-21-6-13-26(34)27(35)18-21;1-39-25-8-6-24(7-9-25)37-30(38)26-10-5-22(23-3-2-14-34-19-23)18-29(26)35-31(37)12-15-36(16-13-31)20-21-4-11-27(32)28(33)17-21;1-34-20-6-4-19(5-7-20)32-25(33)21-8-3-18(27)15-24(21)30-26(32)10-12-31(13-11-26)16-17-2-9-22(28)23(29)14-17;1-13(2)9-17(10-14(13,3)4)18-11-15(5,6)16(7,8)12-18;6-5-2-1-3-7-4-5/h6-13,18-19,36H,14-17,20H2,1-5H3;2-11,14,17-19,35H,12-13,15-16,20H2,1H3;2-9,14-15,30H,10-13,16H2,1H3;9-12H2,1-8H3;1-4H. The molecule has 6 fully saturated rings. The fraction of sp³-hybridized carbons (Fsp3) is 0.391. The number of pyridine rings is 2. The molecule has 0 unspecified atom stereocenters. The molecule has 0 saturated carbocycles. The predicted molar refractivity (Wildman–Crippen MR) is 555 cm³/mol. The van der Waals surface area contributed by atoms with Gasteiger partial charge in [-0.05, 0) is 263 Å². The second kappa shape index (κ2) is 41.2. The van der Waals surface area contributed by atoms with Gasteiger partial charge >= 0.3 is 7.12 Å². The first-order valence-electron chi connectivity index (χ1n) is 48.2. The maximum absolute atomic E-state index is 14.2. The number of piperidine rings is 3. The number of ether oxygens (including phenoxy) is 3. The van der Waals surface area contributed by atoms with E-state index in [0.717, 1.165) is 102 Å². The van der Waals surface area contributed by atoms with E-state index < -0.39 is 70.2 Å². The van der Waals surface area contributed by atoms with Crippen LogP contribution >= 0.6 is 31.9 Å². The van der Waals surface area contributed by atoms with Gasteiger partial charge in [0.25, 0.3) is 17.7 Å². The Labute approximate surface area is 837 Å². The summed E-state index contributed by atoms with van der Waals surface area (Å²) in [5.41, 5.74) is 10.6. The lowest BCUT2D eigenvalue weighted by molar-refractivity contribution is 0.00578. The zero-order valence-corrected chi connectivity index (χ0v) is 85.6. The van der Waals surface area contributed by atoms with Crippen molar-refractivity contribution < 1.29 is 64.2 Å². The van der Waals surface area contributed by atoms with Gasteiger partial charge in [0, 0.05) is 171 Å². The van der Waals surface area contributed by atoms with Crippen molar-refractivity contribution in [2.75, 3.05) is 91.2 Å². The topological polar surface area (TPSA) is 179 Å². The Morgan fingerprint density at radius 1 is 0.357 bits per heavy atom. The number of fused-ring (bicyclic) bond motifs is 3. The molecule has 0 aliphatic carbocycles. The molecule has 0 bridgehead atoms. The maximum Gasteiger partial charge on any atom is 0.494 e. The molecular weight excluding hydrogens is 1910 g/mol. The van der Waals surface area contributed by atoms with Crippen LogP contribution in [-0.2, 0) is 28.9 Å². The highest BCUT2D eigenvalue weighted by molar-refractivity contribution is 9.10. The Kier molecular flexibility index (Phi) is 30.0. The van der Waals surface area contributed by atoms with Gasteiger partial charge in [-0.2, -0.15) is 0 Å². The summed E-state index contributed by atoms with van der Waals surface area (Å²) in [6.07, 6.45) is 16.7. The summed E-state index contributed by atoms with van der Waals surface area (Å²) in [6, 6.07) is 59.5. The molecule has 3 spiro atoms. The Hall–Kier alpha value is -11.0. The van der Waals surface area contributed by atoms with Crippen molar-refractivity contribution in [3.63, 3.8) is 0 Å². The number of nitrogens with one attached hydrogen (secondary N) is 3. The molecule has 11 aromatic rings. The Morgan fingerprint density at radius 2 is 0.686 bits per heavy atom. The average molecular weight is 2030 g/mol. The van der Waals surface area contributed by atoms with Gasteiger partial charge in [0.05, 0.1) is 49.2 Å². The normalized spacial score (nSPS) is 19.7. The van der Waals surface area contributed by atoms with E-state index in [1.54, 1.807) is 58.1 Å². The second-order valence-electron chi connectivity index (χ2n) is 42.2. The molecule has 2 aromatic heterocycles. The molecule has 30 heteroatoms. The van der Waals surface area contributed by atoms with Crippen molar-refractivity contribution in [3.8, 4) is 28.4 Å². The fourth-order valence-electron chi connectivity index (χ4n) is 21.3. The van der Waals surface area contributed by atoms with Crippen molar-refractivity contribution in [2.24, 2.45) is 21.7 Å². The largest absolute Gasteiger partial charge is 0.497 e. The summed E-state index contributed by atoms with van der Waals surface area (Å²) in [7, 11) is 4.29. The summed E-state index contributed by atoms with van der Waals surface area (Å²) >= 11 is 6.76. The quantitative estimate of drug-likeness (QED) is 0.0651. The molecule has 0 atom stereocenters. The summed E-state index contributed by atoms with van der Waals surface area (Å²) < 4.78 is 112. The van der Waals surface area contributed by atoms with E-state index in [2.05, 4.69) is 128 Å². The number of halogens is 8. The molecule has 6 saturated heterocycles. The second-order valence-corrected chi connectivity index (χ2v) is 44.0. The zero-order chi connectivity index (χ0) is 99.8. The molecule has 9 aliphatic rings. The lowest BCUT2D eigenvalue weighted by Crippen LogP contribution is -2.64. The summed E-state index contributed by atoms with van der Waals surface area (Å²) in [4.78, 5) is 62.3. The number of anilines is 6. The third-order valence-corrected chi connectivity index (χ3v) is 32.5. The van der Waals surface area contributed by atoms with E-state index >= 15 is 0 Å². The highest BCUT2D eigenvalue weighted by Gasteiger charge is 2.58. The predicted octanol–water partition coefficient (Wildman–Crippen LogP) is 24.3. The van der Waals surface area contributed by atoms with Crippen LogP contribution in [0.2, 0.25) is 25.3 Å². The molecule has 140 heavy (non-hydrogen) atoms. The monoisotopic (exact) mass is 2030 g/mol. The number of benzene rings is 9. The molecule has 3 N–H and O–H groups in total. The molecule has 3 amide bonds. The number of likely N-dealkylation sites (tertiary alicyclic amines) is 3. The molecule has 732 valence electrons. The zero-order valence-electron chi connectivity index (χ0n) is 82.5. The van der Waals surface area contributed by atoms with Crippen LogP contribution in [0.5, 0.6) is 17.2 Å². The van der Waals surface area contributed by atoms with Gasteiger partial charge in [-0.25, -0.2) is 26.3 Å². The molecule has 11 heterocycles. The van der Waals surface area contributed by atoms with E-state index in [0.29, 0.717) is 153 Å². The number of amides is 3. The highest BCUT2D eigenvalue weighted by Crippen LogP contribution is 2.60. The van der Waals surface area contributed by atoms with Gasteiger partial charge in [-0.15, -0.1) is 0 Å². The minimum atomic E-state index is -0.852. The Balaban J connectivity index is 0.000000135. The van der Waals surface area contributed by atoms with Crippen molar-refractivity contribution >= 4 is 109 Å². The highest BCUT2D eigenvalue weighted by atomic mass is 79.9. The number of hydrogen-bond acceptors (Lipinski definition) is 16. The maximum atomic E-state index is 14.2. The van der Waals surface area contributed by atoms with Gasteiger partial charge in [0.2, 0.25) is 0 Å². The Bertz CT molecular complexity index is 6210. The van der Waals surface area contributed by atoms with Crippen LogP contribution in [0.1, 0.15) is 169 Å². The van der Waals surface area contributed by atoms with Crippen molar-refractivity contribution in [3.05, 3.63) is 308 Å². The number of hydrogen-bond donors (Lipinski definition) is 3. The summed E-state index contributed by atoms with van der Waals surface area (Å²) in [6.45, 7) is 35.4. The van der Waals surface area contributed by atoms with Crippen LogP contribution in [0.4, 0.5) is 60.5 Å². The average Bonchev–Trinajstić information content (AvgIpc) is 1.30. The van der Waals surface area contributed by atoms with Crippen LogP contribution < -0.4 is 50.3 Å². The molecular formula is C110H124B3Br2F6N11O8. The third-order valence-electron chi connectivity index (χ3n) is 31.5. The minimum absolute atomic E-state index is 0.0551. The van der Waals surface area contributed by atoms with Crippen molar-refractivity contribution in [1.82, 2.24) is 24.7 Å². The van der Waals surface area contributed by atoms with E-state index in [4.69, 9.17) is 23.5 Å². The summed E-state index contributed by atoms with van der Waals surface area (Å²) in [5.74, 6) is -3.13. The number of aromatic nitrogens is 2. The van der Waals surface area contributed by atoms with Gasteiger partial charge in [0.15, 0.2) is 34.9 Å². The number of carbonyl (C=O) groups excluding carboxylic acids is 3. The lowest BCUT2D eigenvalue weighted by atomic mass is 9.06. The van der Waals surface area contributed by atoms with E-state index in [1.807, 2.05) is 200 Å². The number of nitrogens with zero attached hydrogens (tertiary/aromatic N) is 8. The van der Waals surface area contributed by atoms with E-state index in [-0.39, 0.29) is 17.7 Å². The van der Waals surface area contributed by atoms with Gasteiger partial charge in [0.1, 0.15) is 47.4 Å². The van der Waals surface area contributed by atoms with Crippen molar-refractivity contribution in [2.45, 2.75) is 195 Å². The summed E-state index contributed by atoms with van der Waals surface area (Å²) in [5, 5.41) is 11.2. The first kappa shape index (κ1) is 102. The van der Waals surface area contributed by atoms with Crippen LogP contribution in [0.15, 0.2) is 240 Å². The van der Waals surface area contributed by atoms with Crippen LogP contribution in [0.25, 0.3) is 11.1 Å². The molecule has 0 radical (unpaired) electrons. The molecule has 9 aliphatic heterocycles. The first-order valence-corrected chi connectivity index (χ1v) is 49.8. The van der Waals surface area contributed by atoms with Gasteiger partial charge in [-0.1, -0.05) is 133 Å². The number of methoxy groups -OCH3 is 3. The van der Waals surface area contributed by atoms with Gasteiger partial charge in [-0.3, -0.25) is 53.8 Å². The van der Waals surface area contributed by atoms with Crippen LogP contribution in [0, 0.1) is 56.6 Å². The van der Waals surface area contributed by atoms with E-state index in [9.17, 15) is 40.7 Å². The molecule has 19 nitrogen and oxygen atoms in total. The molecule has 9 aromatic carbocycles. The Morgan fingerprint density at radius 3 is 1.00 bits per heavy atom.